The molecule has 1 amide bonds. The van der Waals surface area contributed by atoms with E-state index in [1.165, 1.54) is 6.92 Å². The zero-order valence-corrected chi connectivity index (χ0v) is 11.4. The molecule has 0 aliphatic carbocycles. The summed E-state index contributed by atoms with van der Waals surface area (Å²) in [7, 11) is 0. The van der Waals surface area contributed by atoms with Crippen LogP contribution in [0.1, 0.15) is 18.2 Å². The Morgan fingerprint density at radius 2 is 2.05 bits per heavy atom. The maximum Gasteiger partial charge on any atom is 0.326 e. The third-order valence-corrected chi connectivity index (χ3v) is 3.03. The first-order valence-electron chi connectivity index (χ1n) is 6.32. The largest absolute Gasteiger partial charge is 0.480 e. The summed E-state index contributed by atoms with van der Waals surface area (Å²) in [6.45, 7) is 3.18. The van der Waals surface area contributed by atoms with E-state index in [0.29, 0.717) is 0 Å². The van der Waals surface area contributed by atoms with Crippen LogP contribution < -0.4 is 5.32 Å². The first kappa shape index (κ1) is 14.0. The standard InChI is InChI=1S/C15H16N2O3/c1-9-7-11(8-14(15(19)20)17-10(2)18)12-5-3-4-6-13(12)16-9/h3-7,14H,8H2,1-2H3,(H,17,18)(H,19,20)/t14-/m0/s1. The Morgan fingerprint density at radius 3 is 2.70 bits per heavy atom. The lowest BCUT2D eigenvalue weighted by atomic mass is 10.0. The van der Waals surface area contributed by atoms with E-state index < -0.39 is 12.0 Å². The van der Waals surface area contributed by atoms with Crippen molar-refractivity contribution in [2.45, 2.75) is 26.3 Å². The Kier molecular flexibility index (Phi) is 3.98. The molecule has 0 unspecified atom stereocenters. The number of nitrogens with zero attached hydrogens (tertiary/aromatic N) is 1. The van der Waals surface area contributed by atoms with Gasteiger partial charge in [0, 0.05) is 24.4 Å². The number of hydrogen-bond donors (Lipinski definition) is 2. The molecule has 1 aromatic heterocycles. The van der Waals surface area contributed by atoms with E-state index in [-0.39, 0.29) is 12.3 Å². The predicted octanol–water partition coefficient (Wildman–Crippen LogP) is 1.68. The van der Waals surface area contributed by atoms with Crippen molar-refractivity contribution in [2.24, 2.45) is 0 Å². The van der Waals surface area contributed by atoms with E-state index in [2.05, 4.69) is 10.3 Å². The van der Waals surface area contributed by atoms with Crippen molar-refractivity contribution in [3.05, 3.63) is 41.6 Å². The maximum atomic E-state index is 11.2. The Labute approximate surface area is 116 Å². The van der Waals surface area contributed by atoms with Crippen LogP contribution in [0, 0.1) is 6.92 Å². The van der Waals surface area contributed by atoms with E-state index in [1.54, 1.807) is 0 Å². The van der Waals surface area contributed by atoms with Gasteiger partial charge < -0.3 is 10.4 Å². The quantitative estimate of drug-likeness (QED) is 0.887. The number of aliphatic carboxylic acids is 1. The number of carboxylic acid groups (broad SMARTS) is 1. The van der Waals surface area contributed by atoms with Crippen LogP contribution in [-0.2, 0) is 16.0 Å². The zero-order chi connectivity index (χ0) is 14.7. The number of carboxylic acids is 1. The van der Waals surface area contributed by atoms with Crippen LogP contribution in [0.2, 0.25) is 0 Å². The highest BCUT2D eigenvalue weighted by Gasteiger charge is 2.20. The van der Waals surface area contributed by atoms with Gasteiger partial charge in [-0.05, 0) is 24.6 Å². The molecule has 2 N–H and O–H groups in total. The number of rotatable bonds is 4. The number of benzene rings is 1. The highest BCUT2D eigenvalue weighted by Crippen LogP contribution is 2.19. The molecule has 0 spiro atoms. The highest BCUT2D eigenvalue weighted by atomic mass is 16.4. The molecule has 20 heavy (non-hydrogen) atoms. The van der Waals surface area contributed by atoms with Crippen molar-refractivity contribution in [2.75, 3.05) is 0 Å². The van der Waals surface area contributed by atoms with Crippen molar-refractivity contribution in [1.82, 2.24) is 10.3 Å². The summed E-state index contributed by atoms with van der Waals surface area (Å²) in [5.74, 6) is -1.40. The minimum atomic E-state index is -1.04. The molecule has 0 radical (unpaired) electrons. The van der Waals surface area contributed by atoms with Crippen molar-refractivity contribution in [3.8, 4) is 0 Å². The lowest BCUT2D eigenvalue weighted by molar-refractivity contribution is -0.141. The molecule has 0 bridgehead atoms. The van der Waals surface area contributed by atoms with Gasteiger partial charge in [-0.3, -0.25) is 9.78 Å². The smallest absolute Gasteiger partial charge is 0.326 e. The van der Waals surface area contributed by atoms with Crippen LogP contribution in [0.4, 0.5) is 0 Å². The second-order valence-electron chi connectivity index (χ2n) is 4.74. The summed E-state index contributed by atoms with van der Waals surface area (Å²) in [5, 5.41) is 12.6. The number of carbonyl (C=O) groups excluding carboxylic acids is 1. The Hall–Kier alpha value is -2.43. The van der Waals surface area contributed by atoms with Crippen LogP contribution in [-0.4, -0.2) is 28.0 Å². The molecular weight excluding hydrogens is 256 g/mol. The predicted molar refractivity (Wildman–Crippen MR) is 75.4 cm³/mol. The first-order chi connectivity index (χ1) is 9.47. The monoisotopic (exact) mass is 272 g/mol. The first-order valence-corrected chi connectivity index (χ1v) is 6.32. The average Bonchev–Trinajstić information content (AvgIpc) is 2.37. The second-order valence-corrected chi connectivity index (χ2v) is 4.74. The summed E-state index contributed by atoms with van der Waals surface area (Å²) in [5.41, 5.74) is 2.52. The third kappa shape index (κ3) is 3.12. The number of para-hydroxylation sites is 1. The summed E-state index contributed by atoms with van der Waals surface area (Å²) in [6.07, 6.45) is 0.235. The number of hydrogen-bond acceptors (Lipinski definition) is 3. The van der Waals surface area contributed by atoms with E-state index >= 15 is 0 Å². The molecule has 1 heterocycles. The van der Waals surface area contributed by atoms with Crippen molar-refractivity contribution >= 4 is 22.8 Å². The number of aromatic nitrogens is 1. The van der Waals surface area contributed by atoms with Gasteiger partial charge in [0.25, 0.3) is 0 Å². The highest BCUT2D eigenvalue weighted by molar-refractivity contribution is 5.85. The molecule has 5 heteroatoms. The van der Waals surface area contributed by atoms with Gasteiger partial charge in [-0.15, -0.1) is 0 Å². The fraction of sp³-hybridized carbons (Fsp3) is 0.267. The van der Waals surface area contributed by atoms with Crippen molar-refractivity contribution in [1.29, 1.82) is 0 Å². The minimum Gasteiger partial charge on any atom is -0.480 e. The lowest BCUT2D eigenvalue weighted by Gasteiger charge is -2.15. The second kappa shape index (κ2) is 5.69. The summed E-state index contributed by atoms with van der Waals surface area (Å²) < 4.78 is 0. The minimum absolute atomic E-state index is 0.235. The molecule has 104 valence electrons. The van der Waals surface area contributed by atoms with Gasteiger partial charge in [-0.25, -0.2) is 4.79 Å². The topological polar surface area (TPSA) is 79.3 Å². The van der Waals surface area contributed by atoms with Gasteiger partial charge in [-0.2, -0.15) is 0 Å². The Balaban J connectivity index is 2.41. The van der Waals surface area contributed by atoms with E-state index in [9.17, 15) is 14.7 Å². The SMILES string of the molecule is CC(=O)N[C@@H](Cc1cc(C)nc2ccccc12)C(=O)O. The van der Waals surface area contributed by atoms with Crippen LogP contribution >= 0.6 is 0 Å². The third-order valence-electron chi connectivity index (χ3n) is 3.03. The average molecular weight is 272 g/mol. The van der Waals surface area contributed by atoms with Gasteiger partial charge in [0.05, 0.1) is 5.52 Å². The molecule has 5 nitrogen and oxygen atoms in total. The van der Waals surface area contributed by atoms with Crippen LogP contribution in [0.5, 0.6) is 0 Å². The van der Waals surface area contributed by atoms with Gasteiger partial charge in [-0.1, -0.05) is 18.2 Å². The van der Waals surface area contributed by atoms with Crippen LogP contribution in [0.25, 0.3) is 10.9 Å². The molecular formula is C15H16N2O3. The number of nitrogens with one attached hydrogen (secondary N) is 1. The van der Waals surface area contributed by atoms with Crippen LogP contribution in [0.15, 0.2) is 30.3 Å². The van der Waals surface area contributed by atoms with Crippen molar-refractivity contribution in [3.63, 3.8) is 0 Å². The fourth-order valence-corrected chi connectivity index (χ4v) is 2.23. The van der Waals surface area contributed by atoms with Gasteiger partial charge >= 0.3 is 5.97 Å². The molecule has 1 atom stereocenters. The van der Waals surface area contributed by atoms with Crippen molar-refractivity contribution < 1.29 is 14.7 Å². The molecule has 2 aromatic rings. The molecule has 1 aromatic carbocycles. The normalized spacial score (nSPS) is 12.1. The molecule has 0 fully saturated rings. The van der Waals surface area contributed by atoms with Gasteiger partial charge in [0.1, 0.15) is 6.04 Å². The van der Waals surface area contributed by atoms with Gasteiger partial charge in [0.15, 0.2) is 0 Å². The van der Waals surface area contributed by atoms with E-state index in [0.717, 1.165) is 22.2 Å². The fourth-order valence-electron chi connectivity index (χ4n) is 2.23. The van der Waals surface area contributed by atoms with E-state index in [1.807, 2.05) is 37.3 Å². The number of fused-ring (bicyclic) bond motifs is 1. The van der Waals surface area contributed by atoms with Crippen LogP contribution in [0.3, 0.4) is 0 Å². The summed E-state index contributed by atoms with van der Waals surface area (Å²) >= 11 is 0. The number of amides is 1. The molecule has 0 aliphatic rings. The number of pyridine rings is 1. The van der Waals surface area contributed by atoms with Gasteiger partial charge in [0.2, 0.25) is 5.91 Å². The Morgan fingerprint density at radius 1 is 1.35 bits per heavy atom. The lowest BCUT2D eigenvalue weighted by Crippen LogP contribution is -2.41. The van der Waals surface area contributed by atoms with E-state index in [4.69, 9.17) is 0 Å². The summed E-state index contributed by atoms with van der Waals surface area (Å²) in [4.78, 5) is 26.7. The molecule has 0 saturated carbocycles. The zero-order valence-electron chi connectivity index (χ0n) is 11.4. The Bertz CT molecular complexity index is 667. The molecule has 0 aliphatic heterocycles. The number of aryl methyl sites for hydroxylation is 1. The number of carbonyl (C=O) groups is 2. The molecule has 0 saturated heterocycles. The maximum absolute atomic E-state index is 11.2. The summed E-state index contributed by atoms with van der Waals surface area (Å²) in [6, 6.07) is 8.50. The molecule has 2 rings (SSSR count).